The first kappa shape index (κ1) is 17.7. The maximum Gasteiger partial charge on any atom is 0.308 e. The highest BCUT2D eigenvalue weighted by Gasteiger charge is 2.17. The van der Waals surface area contributed by atoms with Crippen LogP contribution in [0.1, 0.15) is 25.2 Å². The molecule has 2 aromatic carbocycles. The largest absolute Gasteiger partial charge is 0.457 e. The van der Waals surface area contributed by atoms with Crippen LogP contribution in [-0.4, -0.2) is 5.97 Å². The number of esters is 1. The second-order valence-corrected chi connectivity index (χ2v) is 5.78. The summed E-state index contributed by atoms with van der Waals surface area (Å²) in [6.07, 6.45) is 0.569. The number of ether oxygens (including phenoxy) is 2. The highest BCUT2D eigenvalue weighted by Crippen LogP contribution is 2.30. The van der Waals surface area contributed by atoms with E-state index in [0.717, 1.165) is 0 Å². The van der Waals surface area contributed by atoms with E-state index in [4.69, 9.17) is 13.9 Å². The molecule has 1 aromatic heterocycles. The number of fused-ring (bicyclic) bond motifs is 1. The predicted molar refractivity (Wildman–Crippen MR) is 94.4 cm³/mol. The number of hydrogen-bond donors (Lipinski definition) is 0. The number of benzene rings is 2. The molecule has 0 bridgehead atoms. The molecule has 0 saturated carbocycles. The highest BCUT2D eigenvalue weighted by atomic mass is 19.1. The second-order valence-electron chi connectivity index (χ2n) is 5.78. The van der Waals surface area contributed by atoms with Gasteiger partial charge in [0, 0.05) is 13.0 Å². The van der Waals surface area contributed by atoms with Gasteiger partial charge in [0.2, 0.25) is 11.2 Å². The van der Waals surface area contributed by atoms with Crippen LogP contribution in [-0.2, 0) is 11.2 Å². The van der Waals surface area contributed by atoms with Gasteiger partial charge in [-0.15, -0.1) is 0 Å². The zero-order valence-electron chi connectivity index (χ0n) is 14.6. The lowest BCUT2D eigenvalue weighted by Gasteiger charge is -2.12. The minimum atomic E-state index is -0.450. The quantitative estimate of drug-likeness (QED) is 0.508. The van der Waals surface area contributed by atoms with Crippen LogP contribution in [0.15, 0.2) is 45.6 Å². The van der Waals surface area contributed by atoms with Gasteiger partial charge in [-0.3, -0.25) is 9.59 Å². The molecule has 0 aliphatic heterocycles. The van der Waals surface area contributed by atoms with Crippen LogP contribution >= 0.6 is 0 Å². The third-order valence-electron chi connectivity index (χ3n) is 3.86. The Morgan fingerprint density at radius 2 is 1.88 bits per heavy atom. The highest BCUT2D eigenvalue weighted by molar-refractivity contribution is 5.82. The lowest BCUT2D eigenvalue weighted by molar-refractivity contribution is -0.131. The minimum absolute atomic E-state index is 0.0337. The Morgan fingerprint density at radius 1 is 1.19 bits per heavy atom. The Hall–Kier alpha value is -3.15. The average Bonchev–Trinajstić information content (AvgIpc) is 2.59. The molecule has 0 spiro atoms. The molecule has 3 rings (SSSR count). The predicted octanol–water partition coefficient (Wildman–Crippen LogP) is 4.52. The summed E-state index contributed by atoms with van der Waals surface area (Å²) in [7, 11) is 0. The van der Waals surface area contributed by atoms with Crippen molar-refractivity contribution in [2.24, 2.45) is 0 Å². The van der Waals surface area contributed by atoms with E-state index in [1.54, 1.807) is 13.0 Å². The fourth-order valence-corrected chi connectivity index (χ4v) is 2.63. The van der Waals surface area contributed by atoms with Crippen molar-refractivity contribution in [3.8, 4) is 17.2 Å². The SMILES string of the molecule is CCc1cc2c(=O)c(Oc3ccc(F)cc3)c(C)oc2cc1OC(C)=O. The molecule has 0 unspecified atom stereocenters. The lowest BCUT2D eigenvalue weighted by atomic mass is 10.1. The van der Waals surface area contributed by atoms with E-state index in [0.29, 0.717) is 34.5 Å². The van der Waals surface area contributed by atoms with Gasteiger partial charge < -0.3 is 13.9 Å². The van der Waals surface area contributed by atoms with E-state index >= 15 is 0 Å². The summed E-state index contributed by atoms with van der Waals surface area (Å²) in [6, 6.07) is 8.52. The van der Waals surface area contributed by atoms with Crippen molar-refractivity contribution in [3.63, 3.8) is 0 Å². The van der Waals surface area contributed by atoms with Crippen molar-refractivity contribution in [1.82, 2.24) is 0 Å². The molecule has 0 atom stereocenters. The summed E-state index contributed by atoms with van der Waals surface area (Å²) in [5.74, 6) is 0.145. The van der Waals surface area contributed by atoms with E-state index in [9.17, 15) is 14.0 Å². The molecule has 0 saturated heterocycles. The van der Waals surface area contributed by atoms with E-state index < -0.39 is 11.8 Å². The fraction of sp³-hybridized carbons (Fsp3) is 0.200. The molecule has 0 amide bonds. The van der Waals surface area contributed by atoms with Gasteiger partial charge >= 0.3 is 5.97 Å². The number of hydrogen-bond acceptors (Lipinski definition) is 5. The van der Waals surface area contributed by atoms with Crippen LogP contribution in [0.3, 0.4) is 0 Å². The molecule has 0 aliphatic rings. The summed E-state index contributed by atoms with van der Waals surface area (Å²) in [5, 5.41) is 0.320. The Labute approximate surface area is 149 Å². The molecular formula is C20H17FO5. The van der Waals surface area contributed by atoms with Crippen LogP contribution < -0.4 is 14.9 Å². The molecule has 6 heteroatoms. The molecule has 134 valence electrons. The van der Waals surface area contributed by atoms with Gasteiger partial charge in [0.05, 0.1) is 5.39 Å². The van der Waals surface area contributed by atoms with Crippen molar-refractivity contribution < 1.29 is 23.1 Å². The van der Waals surface area contributed by atoms with Gasteiger partial charge in [-0.05, 0) is 49.2 Å². The van der Waals surface area contributed by atoms with Crippen LogP contribution in [0, 0.1) is 12.7 Å². The number of rotatable bonds is 4. The lowest BCUT2D eigenvalue weighted by Crippen LogP contribution is -2.09. The van der Waals surface area contributed by atoms with E-state index in [2.05, 4.69) is 0 Å². The molecule has 1 heterocycles. The molecule has 5 nitrogen and oxygen atoms in total. The van der Waals surface area contributed by atoms with Gasteiger partial charge in [0.25, 0.3) is 0 Å². The maximum atomic E-state index is 13.0. The van der Waals surface area contributed by atoms with Crippen molar-refractivity contribution >= 4 is 16.9 Å². The molecule has 0 radical (unpaired) electrons. The number of halogens is 1. The summed E-state index contributed by atoms with van der Waals surface area (Å²) >= 11 is 0. The first-order chi connectivity index (χ1) is 12.4. The molecule has 0 fully saturated rings. The molecule has 26 heavy (non-hydrogen) atoms. The van der Waals surface area contributed by atoms with Crippen molar-refractivity contribution in [3.05, 3.63) is 63.8 Å². The van der Waals surface area contributed by atoms with Gasteiger partial charge in [0.15, 0.2) is 0 Å². The molecule has 0 aliphatic carbocycles. The summed E-state index contributed by atoms with van der Waals surface area (Å²) in [6.45, 7) is 4.80. The summed E-state index contributed by atoms with van der Waals surface area (Å²) in [5.41, 5.74) is 0.654. The smallest absolute Gasteiger partial charge is 0.308 e. The van der Waals surface area contributed by atoms with Crippen molar-refractivity contribution in [2.45, 2.75) is 27.2 Å². The average molecular weight is 356 g/mol. The van der Waals surface area contributed by atoms with Gasteiger partial charge in [-0.1, -0.05) is 6.92 Å². The fourth-order valence-electron chi connectivity index (χ4n) is 2.63. The van der Waals surface area contributed by atoms with Crippen LogP contribution in [0.25, 0.3) is 11.0 Å². The van der Waals surface area contributed by atoms with E-state index in [-0.39, 0.29) is 16.9 Å². The molecule has 0 N–H and O–H groups in total. The Kier molecular flexibility index (Phi) is 4.75. The third kappa shape index (κ3) is 3.44. The van der Waals surface area contributed by atoms with E-state index in [1.807, 2.05) is 6.92 Å². The number of aryl methyl sites for hydroxylation is 2. The number of carbonyl (C=O) groups is 1. The monoisotopic (exact) mass is 356 g/mol. The Morgan fingerprint density at radius 3 is 2.50 bits per heavy atom. The topological polar surface area (TPSA) is 65.7 Å². The third-order valence-corrected chi connectivity index (χ3v) is 3.86. The van der Waals surface area contributed by atoms with Gasteiger partial charge in [0.1, 0.15) is 28.7 Å². The first-order valence-corrected chi connectivity index (χ1v) is 8.11. The minimum Gasteiger partial charge on any atom is -0.457 e. The number of carbonyl (C=O) groups excluding carboxylic acids is 1. The van der Waals surface area contributed by atoms with Crippen LogP contribution in [0.4, 0.5) is 4.39 Å². The summed E-state index contributed by atoms with van der Waals surface area (Å²) in [4.78, 5) is 24.1. The Balaban J connectivity index is 2.13. The maximum absolute atomic E-state index is 13.0. The van der Waals surface area contributed by atoms with Crippen molar-refractivity contribution in [1.29, 1.82) is 0 Å². The van der Waals surface area contributed by atoms with Crippen LogP contribution in [0.2, 0.25) is 0 Å². The normalized spacial score (nSPS) is 10.8. The summed E-state index contributed by atoms with van der Waals surface area (Å²) < 4.78 is 29.5. The van der Waals surface area contributed by atoms with Crippen molar-refractivity contribution in [2.75, 3.05) is 0 Å². The van der Waals surface area contributed by atoms with Gasteiger partial charge in [-0.2, -0.15) is 0 Å². The zero-order valence-corrected chi connectivity index (χ0v) is 14.6. The molecular weight excluding hydrogens is 339 g/mol. The first-order valence-electron chi connectivity index (χ1n) is 8.11. The second kappa shape index (κ2) is 7.00. The standard InChI is InChI=1S/C20H17FO5/c1-4-13-9-16-18(10-17(13)25-12(3)22)24-11(2)20(19(16)23)26-15-7-5-14(21)6-8-15/h5-10H,4H2,1-3H3. The zero-order chi connectivity index (χ0) is 18.8. The molecule has 3 aromatic rings. The Bertz CT molecular complexity index is 1030. The van der Waals surface area contributed by atoms with Gasteiger partial charge in [-0.25, -0.2) is 4.39 Å². The van der Waals surface area contributed by atoms with Crippen LogP contribution in [0.5, 0.6) is 17.2 Å². The van der Waals surface area contributed by atoms with E-state index in [1.165, 1.54) is 37.3 Å².